The number of benzene rings is 2. The van der Waals surface area contributed by atoms with Gasteiger partial charge < -0.3 is 5.32 Å². The maximum absolute atomic E-state index is 12.7. The summed E-state index contributed by atoms with van der Waals surface area (Å²) in [6, 6.07) is 15.8. The normalized spacial score (nSPS) is 11.7. The monoisotopic (exact) mass is 450 g/mol. The third kappa shape index (κ3) is 5.59. The largest absolute Gasteiger partial charge is 0.340 e. The van der Waals surface area contributed by atoms with E-state index in [2.05, 4.69) is 21.2 Å². The number of carbonyl (C=O) groups is 3. The van der Waals surface area contributed by atoms with Crippen LogP contribution in [0.15, 0.2) is 54.6 Å². The van der Waals surface area contributed by atoms with Gasteiger partial charge in [-0.3, -0.25) is 25.2 Å². The van der Waals surface area contributed by atoms with Crippen molar-refractivity contribution < 1.29 is 14.4 Å². The molecule has 0 fully saturated rings. The number of aryl methyl sites for hydroxylation is 2. The zero-order chi connectivity index (χ0) is 23.3. The first-order valence-corrected chi connectivity index (χ1v) is 11.1. The predicted molar refractivity (Wildman–Crippen MR) is 125 cm³/mol. The number of thiazole rings is 1. The summed E-state index contributed by atoms with van der Waals surface area (Å²) in [5, 5.41) is 3.47. The summed E-state index contributed by atoms with van der Waals surface area (Å²) in [6.07, 6.45) is 0. The Morgan fingerprint density at radius 2 is 1.53 bits per heavy atom. The molecule has 0 bridgehead atoms. The Hall–Kier alpha value is -3.52. The molecule has 0 aliphatic carbocycles. The second kappa shape index (κ2) is 10.2. The van der Waals surface area contributed by atoms with Crippen molar-refractivity contribution in [3.63, 3.8) is 0 Å². The Morgan fingerprint density at radius 3 is 2.16 bits per heavy atom. The molecule has 32 heavy (non-hydrogen) atoms. The molecule has 1 heterocycles. The molecule has 0 aliphatic rings. The highest BCUT2D eigenvalue weighted by Crippen LogP contribution is 2.27. The number of nitrogens with one attached hydrogen (secondary N) is 3. The van der Waals surface area contributed by atoms with E-state index in [1.54, 1.807) is 19.1 Å². The number of carbonyl (C=O) groups excluding carboxylic acids is 3. The molecule has 2 aromatic carbocycles. The third-order valence-electron chi connectivity index (χ3n) is 4.87. The van der Waals surface area contributed by atoms with E-state index in [-0.39, 0.29) is 11.8 Å². The first kappa shape index (κ1) is 23.1. The molecule has 0 radical (unpaired) electrons. The van der Waals surface area contributed by atoms with Gasteiger partial charge in [0.15, 0.2) is 0 Å². The predicted octanol–water partition coefficient (Wildman–Crippen LogP) is 3.64. The van der Waals surface area contributed by atoms with Crippen molar-refractivity contribution >= 4 is 29.1 Å². The zero-order valence-corrected chi connectivity index (χ0v) is 19.2. The van der Waals surface area contributed by atoms with Crippen molar-refractivity contribution in [2.45, 2.75) is 33.7 Å². The average Bonchev–Trinajstić information content (AvgIpc) is 3.18. The minimum absolute atomic E-state index is 0.184. The summed E-state index contributed by atoms with van der Waals surface area (Å²) in [7, 11) is 0. The molecule has 3 N–H and O–H groups in total. The Morgan fingerprint density at radius 1 is 0.875 bits per heavy atom. The fourth-order valence-corrected chi connectivity index (χ4v) is 4.00. The summed E-state index contributed by atoms with van der Waals surface area (Å²) in [4.78, 5) is 42.7. The zero-order valence-electron chi connectivity index (χ0n) is 18.4. The smallest absolute Gasteiger partial charge is 0.281 e. The first-order valence-electron chi connectivity index (χ1n) is 10.3. The number of rotatable bonds is 6. The van der Waals surface area contributed by atoms with Gasteiger partial charge in [0.25, 0.3) is 17.7 Å². The summed E-state index contributed by atoms with van der Waals surface area (Å²) in [6.45, 7) is 7.32. The van der Waals surface area contributed by atoms with Crippen molar-refractivity contribution in [1.82, 2.24) is 21.2 Å². The quantitative estimate of drug-likeness (QED) is 0.499. The van der Waals surface area contributed by atoms with Crippen LogP contribution in [0.3, 0.4) is 0 Å². The molecule has 0 saturated carbocycles. The minimum atomic E-state index is -0.813. The van der Waals surface area contributed by atoms with Gasteiger partial charge in [0.1, 0.15) is 15.9 Å². The van der Waals surface area contributed by atoms with Gasteiger partial charge in [0.05, 0.1) is 5.69 Å². The van der Waals surface area contributed by atoms with Crippen LogP contribution in [0.5, 0.6) is 0 Å². The molecular formula is C24H26N4O3S. The molecule has 0 spiro atoms. The lowest BCUT2D eigenvalue weighted by Gasteiger charge is -2.21. The Labute approximate surface area is 191 Å². The molecule has 3 rings (SSSR count). The number of nitrogens with zero attached hydrogens (tertiary/aromatic N) is 1. The average molecular weight is 451 g/mol. The van der Waals surface area contributed by atoms with E-state index in [4.69, 9.17) is 0 Å². The summed E-state index contributed by atoms with van der Waals surface area (Å²) >= 11 is 1.25. The van der Waals surface area contributed by atoms with Crippen LogP contribution in [0.2, 0.25) is 0 Å². The van der Waals surface area contributed by atoms with E-state index < -0.39 is 17.9 Å². The van der Waals surface area contributed by atoms with Crippen LogP contribution >= 0.6 is 11.3 Å². The van der Waals surface area contributed by atoms with Crippen molar-refractivity contribution in [1.29, 1.82) is 0 Å². The maximum Gasteiger partial charge on any atom is 0.281 e. The topological polar surface area (TPSA) is 100 Å². The van der Waals surface area contributed by atoms with Crippen LogP contribution in [-0.4, -0.2) is 28.7 Å². The summed E-state index contributed by atoms with van der Waals surface area (Å²) < 4.78 is 0. The highest BCUT2D eigenvalue weighted by atomic mass is 32.1. The molecule has 1 aromatic heterocycles. The number of hydrogen-bond donors (Lipinski definition) is 3. The van der Waals surface area contributed by atoms with E-state index in [1.165, 1.54) is 11.3 Å². The lowest BCUT2D eigenvalue weighted by Crippen LogP contribution is -2.54. The molecule has 166 valence electrons. The summed E-state index contributed by atoms with van der Waals surface area (Å²) in [5.74, 6) is -1.49. The third-order valence-corrected chi connectivity index (χ3v) is 6.08. The molecule has 1 unspecified atom stereocenters. The van der Waals surface area contributed by atoms with E-state index in [1.807, 2.05) is 63.2 Å². The molecule has 3 aromatic rings. The lowest BCUT2D eigenvalue weighted by atomic mass is 10.0. The molecule has 8 heteroatoms. The number of amides is 3. The van der Waals surface area contributed by atoms with Gasteiger partial charge in [-0.2, -0.15) is 0 Å². The fourth-order valence-electron chi connectivity index (χ4n) is 3.03. The minimum Gasteiger partial charge on any atom is -0.340 e. The van der Waals surface area contributed by atoms with E-state index >= 15 is 0 Å². The van der Waals surface area contributed by atoms with Gasteiger partial charge in [0.2, 0.25) is 0 Å². The molecule has 3 amide bonds. The van der Waals surface area contributed by atoms with Crippen molar-refractivity contribution in [2.75, 3.05) is 0 Å². The van der Waals surface area contributed by atoms with Crippen LogP contribution in [0, 0.1) is 19.8 Å². The molecule has 0 saturated heterocycles. The number of hydrogen-bond acceptors (Lipinski definition) is 5. The van der Waals surface area contributed by atoms with Gasteiger partial charge in [-0.25, -0.2) is 4.98 Å². The molecule has 1 atom stereocenters. The number of hydrazine groups is 1. The van der Waals surface area contributed by atoms with Crippen molar-refractivity contribution in [3.8, 4) is 10.6 Å². The van der Waals surface area contributed by atoms with Crippen LogP contribution in [0.25, 0.3) is 10.6 Å². The lowest BCUT2D eigenvalue weighted by molar-refractivity contribution is -0.124. The molecule has 0 aliphatic heterocycles. The second-order valence-electron chi connectivity index (χ2n) is 7.80. The Kier molecular flexibility index (Phi) is 7.37. The summed E-state index contributed by atoms with van der Waals surface area (Å²) in [5.41, 5.74) is 7.87. The van der Waals surface area contributed by atoms with Gasteiger partial charge >= 0.3 is 0 Å². The second-order valence-corrected chi connectivity index (χ2v) is 8.80. The Balaban J connectivity index is 1.64. The van der Waals surface area contributed by atoms with Crippen LogP contribution < -0.4 is 16.2 Å². The van der Waals surface area contributed by atoms with Crippen molar-refractivity contribution in [3.05, 3.63) is 76.3 Å². The highest BCUT2D eigenvalue weighted by Gasteiger charge is 2.26. The first-order chi connectivity index (χ1) is 15.3. The van der Waals surface area contributed by atoms with Gasteiger partial charge in [-0.05, 0) is 31.9 Å². The fraction of sp³-hybridized carbons (Fsp3) is 0.250. The van der Waals surface area contributed by atoms with Crippen LogP contribution in [0.1, 0.15) is 45.1 Å². The van der Waals surface area contributed by atoms with E-state index in [9.17, 15) is 14.4 Å². The van der Waals surface area contributed by atoms with E-state index in [0.29, 0.717) is 16.1 Å². The van der Waals surface area contributed by atoms with Crippen LogP contribution in [0.4, 0.5) is 0 Å². The standard InChI is InChI=1S/C24H26N4O3S/c1-14(2)19(26-21(29)17-12-10-15(3)11-13-17)22(30)27-28-23(31)20-16(4)25-24(32-20)18-8-6-5-7-9-18/h5-14,19H,1-4H3,(H,26,29)(H,27,30)(H,28,31). The van der Waals surface area contributed by atoms with Gasteiger partial charge in [0, 0.05) is 11.1 Å². The van der Waals surface area contributed by atoms with Gasteiger partial charge in [-0.1, -0.05) is 61.9 Å². The van der Waals surface area contributed by atoms with Crippen LogP contribution in [-0.2, 0) is 4.79 Å². The van der Waals surface area contributed by atoms with Crippen molar-refractivity contribution in [2.24, 2.45) is 5.92 Å². The number of aromatic nitrogens is 1. The van der Waals surface area contributed by atoms with E-state index in [0.717, 1.165) is 16.1 Å². The Bertz CT molecular complexity index is 1110. The SMILES string of the molecule is Cc1ccc(C(=O)NC(C(=O)NNC(=O)c2sc(-c3ccccc3)nc2C)C(C)C)cc1. The maximum atomic E-state index is 12.7. The van der Waals surface area contributed by atoms with Gasteiger partial charge in [-0.15, -0.1) is 11.3 Å². The highest BCUT2D eigenvalue weighted by molar-refractivity contribution is 7.17. The molecular weight excluding hydrogens is 424 g/mol. The molecule has 7 nitrogen and oxygen atoms in total.